The SMILES string of the molecule is CCOC(=O)/C(O)=C/c1ncc(-c2ccccc2)c2ccc(Cl)cc12. The third-order valence-corrected chi connectivity index (χ3v) is 3.96. The molecule has 0 unspecified atom stereocenters. The van der Waals surface area contributed by atoms with Gasteiger partial charge in [-0.05, 0) is 30.0 Å². The molecular formula is C20H16ClNO3. The lowest BCUT2D eigenvalue weighted by molar-refractivity contribution is -0.141. The summed E-state index contributed by atoms with van der Waals surface area (Å²) >= 11 is 6.14. The zero-order chi connectivity index (χ0) is 17.8. The Bertz CT molecular complexity index is 952. The maximum atomic E-state index is 11.6. The van der Waals surface area contributed by atoms with E-state index in [-0.39, 0.29) is 6.61 Å². The van der Waals surface area contributed by atoms with Crippen molar-refractivity contribution in [3.63, 3.8) is 0 Å². The van der Waals surface area contributed by atoms with Crippen LogP contribution in [0.1, 0.15) is 12.6 Å². The summed E-state index contributed by atoms with van der Waals surface area (Å²) in [6.45, 7) is 1.86. The molecule has 3 aromatic rings. The van der Waals surface area contributed by atoms with Crippen molar-refractivity contribution in [3.05, 3.63) is 71.2 Å². The van der Waals surface area contributed by atoms with Crippen LogP contribution in [0.2, 0.25) is 5.02 Å². The summed E-state index contributed by atoms with van der Waals surface area (Å²) in [4.78, 5) is 16.0. The summed E-state index contributed by atoms with van der Waals surface area (Å²) in [5.41, 5.74) is 2.41. The number of rotatable bonds is 4. The topological polar surface area (TPSA) is 59.4 Å². The van der Waals surface area contributed by atoms with Crippen LogP contribution in [0.4, 0.5) is 0 Å². The van der Waals surface area contributed by atoms with Crippen molar-refractivity contribution in [2.24, 2.45) is 0 Å². The van der Waals surface area contributed by atoms with Crippen LogP contribution >= 0.6 is 11.6 Å². The van der Waals surface area contributed by atoms with E-state index >= 15 is 0 Å². The van der Waals surface area contributed by atoms with Crippen LogP contribution < -0.4 is 0 Å². The number of nitrogens with zero attached hydrogens (tertiary/aromatic N) is 1. The van der Waals surface area contributed by atoms with Crippen LogP contribution in [0.25, 0.3) is 28.0 Å². The molecule has 0 saturated heterocycles. The van der Waals surface area contributed by atoms with Gasteiger partial charge in [0.1, 0.15) is 0 Å². The van der Waals surface area contributed by atoms with Crippen molar-refractivity contribution < 1.29 is 14.6 Å². The van der Waals surface area contributed by atoms with E-state index in [1.807, 2.05) is 36.4 Å². The van der Waals surface area contributed by atoms with Crippen LogP contribution in [0, 0.1) is 0 Å². The maximum Gasteiger partial charge on any atom is 0.373 e. The van der Waals surface area contributed by atoms with Crippen molar-refractivity contribution in [3.8, 4) is 11.1 Å². The number of ether oxygens (including phenoxy) is 1. The number of aromatic nitrogens is 1. The molecule has 0 atom stereocenters. The normalized spacial score (nSPS) is 11.5. The summed E-state index contributed by atoms with van der Waals surface area (Å²) in [5.74, 6) is -1.28. The number of aliphatic hydroxyl groups excluding tert-OH is 1. The minimum atomic E-state index is -0.786. The van der Waals surface area contributed by atoms with E-state index < -0.39 is 11.7 Å². The van der Waals surface area contributed by atoms with Crippen molar-refractivity contribution >= 4 is 34.4 Å². The van der Waals surface area contributed by atoms with Gasteiger partial charge in [0.15, 0.2) is 0 Å². The molecule has 0 amide bonds. The van der Waals surface area contributed by atoms with Gasteiger partial charge in [0, 0.05) is 28.2 Å². The number of aliphatic hydroxyl groups is 1. The number of hydrogen-bond acceptors (Lipinski definition) is 4. The minimum Gasteiger partial charge on any atom is -0.502 e. The molecule has 0 spiro atoms. The molecule has 1 heterocycles. The number of pyridine rings is 1. The number of fused-ring (bicyclic) bond motifs is 1. The van der Waals surface area contributed by atoms with Crippen molar-refractivity contribution in [1.82, 2.24) is 4.98 Å². The second kappa shape index (κ2) is 7.36. The molecule has 0 saturated carbocycles. The monoisotopic (exact) mass is 353 g/mol. The molecule has 5 heteroatoms. The van der Waals surface area contributed by atoms with Gasteiger partial charge in [0.25, 0.3) is 0 Å². The lowest BCUT2D eigenvalue weighted by Gasteiger charge is -2.10. The lowest BCUT2D eigenvalue weighted by Crippen LogP contribution is -2.07. The van der Waals surface area contributed by atoms with Crippen LogP contribution in [-0.2, 0) is 9.53 Å². The fraction of sp³-hybridized carbons (Fsp3) is 0.100. The maximum absolute atomic E-state index is 11.6. The number of halogens is 1. The van der Waals surface area contributed by atoms with Crippen LogP contribution in [-0.4, -0.2) is 22.7 Å². The first-order chi connectivity index (χ1) is 12.1. The van der Waals surface area contributed by atoms with Gasteiger partial charge in [-0.3, -0.25) is 4.98 Å². The van der Waals surface area contributed by atoms with Crippen molar-refractivity contribution in [1.29, 1.82) is 0 Å². The first-order valence-electron chi connectivity index (χ1n) is 7.81. The van der Waals surface area contributed by atoms with Crippen LogP contribution in [0.3, 0.4) is 0 Å². The number of hydrogen-bond donors (Lipinski definition) is 1. The second-order valence-electron chi connectivity index (χ2n) is 5.36. The van der Waals surface area contributed by atoms with Gasteiger partial charge in [0.05, 0.1) is 12.3 Å². The highest BCUT2D eigenvalue weighted by Gasteiger charge is 2.13. The van der Waals surface area contributed by atoms with Crippen molar-refractivity contribution in [2.75, 3.05) is 6.61 Å². The zero-order valence-corrected chi connectivity index (χ0v) is 14.3. The van der Waals surface area contributed by atoms with E-state index in [1.165, 1.54) is 6.08 Å². The Hall–Kier alpha value is -2.85. The first-order valence-corrected chi connectivity index (χ1v) is 8.19. The standard InChI is InChI=1S/C20H16ClNO3/c1-2-25-20(24)19(23)11-18-16-10-14(21)8-9-15(16)17(12-22-18)13-6-4-3-5-7-13/h3-12,23H,2H2,1H3/b19-11-. The zero-order valence-electron chi connectivity index (χ0n) is 13.6. The predicted molar refractivity (Wildman–Crippen MR) is 99.4 cm³/mol. The van der Waals surface area contributed by atoms with E-state index in [0.717, 1.165) is 21.9 Å². The molecule has 0 fully saturated rings. The molecule has 1 aromatic heterocycles. The number of carbonyl (C=O) groups is 1. The molecule has 25 heavy (non-hydrogen) atoms. The van der Waals surface area contributed by atoms with Crippen LogP contribution in [0.5, 0.6) is 0 Å². The Kier molecular flexibility index (Phi) is 5.00. The summed E-state index contributed by atoms with van der Waals surface area (Å²) in [5, 5.41) is 12.1. The molecule has 0 aliphatic rings. The predicted octanol–water partition coefficient (Wildman–Crippen LogP) is 5.02. The van der Waals surface area contributed by atoms with E-state index in [9.17, 15) is 9.90 Å². The fourth-order valence-corrected chi connectivity index (χ4v) is 2.76. The van der Waals surface area contributed by atoms with Gasteiger partial charge in [0.2, 0.25) is 5.76 Å². The Morgan fingerprint density at radius 1 is 1.20 bits per heavy atom. The molecule has 0 aliphatic carbocycles. The molecule has 0 bridgehead atoms. The van der Waals surface area contributed by atoms with Crippen molar-refractivity contribution in [2.45, 2.75) is 6.92 Å². The molecule has 3 rings (SSSR count). The molecule has 0 radical (unpaired) electrons. The minimum absolute atomic E-state index is 0.184. The summed E-state index contributed by atoms with van der Waals surface area (Å²) in [6, 6.07) is 15.3. The van der Waals surface area contributed by atoms with Gasteiger partial charge in [-0.2, -0.15) is 0 Å². The van der Waals surface area contributed by atoms with Gasteiger partial charge >= 0.3 is 5.97 Å². The number of carbonyl (C=O) groups excluding carboxylic acids is 1. The molecule has 2 aromatic carbocycles. The fourth-order valence-electron chi connectivity index (χ4n) is 2.59. The highest BCUT2D eigenvalue weighted by atomic mass is 35.5. The van der Waals surface area contributed by atoms with Gasteiger partial charge < -0.3 is 9.84 Å². The highest BCUT2D eigenvalue weighted by molar-refractivity contribution is 6.31. The Balaban J connectivity index is 2.18. The van der Waals surface area contributed by atoms with Crippen LogP contribution in [0.15, 0.2) is 60.5 Å². The van der Waals surface area contributed by atoms with Gasteiger partial charge in [-0.1, -0.05) is 48.0 Å². The molecule has 1 N–H and O–H groups in total. The van der Waals surface area contributed by atoms with E-state index in [4.69, 9.17) is 16.3 Å². The molecule has 4 nitrogen and oxygen atoms in total. The number of benzene rings is 2. The average Bonchev–Trinajstić information content (AvgIpc) is 2.63. The Morgan fingerprint density at radius 3 is 2.68 bits per heavy atom. The molecular weight excluding hydrogens is 338 g/mol. The van der Waals surface area contributed by atoms with E-state index in [1.54, 1.807) is 25.3 Å². The largest absolute Gasteiger partial charge is 0.502 e. The third kappa shape index (κ3) is 3.64. The summed E-state index contributed by atoms with van der Waals surface area (Å²) in [6.07, 6.45) is 3.02. The average molecular weight is 354 g/mol. The summed E-state index contributed by atoms with van der Waals surface area (Å²) < 4.78 is 4.79. The lowest BCUT2D eigenvalue weighted by atomic mass is 9.99. The van der Waals surface area contributed by atoms with Gasteiger partial charge in [-0.25, -0.2) is 4.79 Å². The van der Waals surface area contributed by atoms with E-state index in [2.05, 4.69) is 4.98 Å². The third-order valence-electron chi connectivity index (χ3n) is 3.72. The molecule has 126 valence electrons. The highest BCUT2D eigenvalue weighted by Crippen LogP contribution is 2.32. The summed E-state index contributed by atoms with van der Waals surface area (Å²) in [7, 11) is 0. The first kappa shape index (κ1) is 17.0. The smallest absolute Gasteiger partial charge is 0.373 e. The van der Waals surface area contributed by atoms with E-state index in [0.29, 0.717) is 10.7 Å². The molecule has 0 aliphatic heterocycles. The Morgan fingerprint density at radius 2 is 1.96 bits per heavy atom. The number of esters is 1. The second-order valence-corrected chi connectivity index (χ2v) is 5.80. The van der Waals surface area contributed by atoms with Gasteiger partial charge in [-0.15, -0.1) is 0 Å². The Labute approximate surface area is 150 Å². The quantitative estimate of drug-likeness (QED) is 0.406.